The van der Waals surface area contributed by atoms with Crippen LogP contribution in [0, 0.1) is 13.8 Å². The predicted octanol–water partition coefficient (Wildman–Crippen LogP) is 3.80. The fourth-order valence-corrected chi connectivity index (χ4v) is 4.59. The summed E-state index contributed by atoms with van der Waals surface area (Å²) in [6, 6.07) is 0.574. The molecule has 0 spiro atoms. The van der Waals surface area contributed by atoms with Crippen LogP contribution in [0.3, 0.4) is 0 Å². The molecule has 3 fully saturated rings. The molecule has 0 N–H and O–H groups in total. The Bertz CT molecular complexity index is 1130. The van der Waals surface area contributed by atoms with Gasteiger partial charge in [-0.1, -0.05) is 6.42 Å². The summed E-state index contributed by atoms with van der Waals surface area (Å²) in [5.41, 5.74) is 5.68. The number of anilines is 1. The van der Waals surface area contributed by atoms with E-state index in [-0.39, 0.29) is 12.2 Å². The Labute approximate surface area is 182 Å². The van der Waals surface area contributed by atoms with E-state index in [1.807, 2.05) is 20.0 Å². The Morgan fingerprint density at radius 1 is 0.968 bits per heavy atom. The number of aryl methyl sites for hydroxylation is 2. The van der Waals surface area contributed by atoms with Crippen molar-refractivity contribution in [1.29, 1.82) is 0 Å². The van der Waals surface area contributed by atoms with Gasteiger partial charge in [-0.3, -0.25) is 4.68 Å². The lowest BCUT2D eigenvalue weighted by atomic mass is 9.82. The van der Waals surface area contributed by atoms with E-state index in [0.717, 1.165) is 40.7 Å². The molecule has 8 nitrogen and oxygen atoms in total. The van der Waals surface area contributed by atoms with Crippen LogP contribution in [0.2, 0.25) is 0 Å². The van der Waals surface area contributed by atoms with Crippen molar-refractivity contribution in [2.24, 2.45) is 0 Å². The molecule has 3 aliphatic rings. The number of aromatic nitrogens is 6. The molecule has 0 amide bonds. The van der Waals surface area contributed by atoms with Gasteiger partial charge in [0.05, 0.1) is 42.0 Å². The van der Waals surface area contributed by atoms with E-state index in [2.05, 4.69) is 27.8 Å². The Morgan fingerprint density at radius 2 is 1.77 bits per heavy atom. The molecule has 0 radical (unpaired) electrons. The standard InChI is InChI=1S/C23H29N7O/c1-13-10-29(12-19(31-13)17-9-24-30(11-17)18-7-8-18)23-27-20(16-5-4-6-16)21-22(28-23)26-15(3)14(2)25-21/h9,11,13,16,18-19H,4-8,10,12H2,1-3H3/t13-,19+/m0/s1. The summed E-state index contributed by atoms with van der Waals surface area (Å²) in [6.07, 6.45) is 10.2. The zero-order chi connectivity index (χ0) is 21.1. The molecule has 6 rings (SSSR count). The number of hydrogen-bond acceptors (Lipinski definition) is 7. The maximum Gasteiger partial charge on any atom is 0.227 e. The second kappa shape index (κ2) is 7.22. The van der Waals surface area contributed by atoms with Gasteiger partial charge in [0.1, 0.15) is 11.6 Å². The first kappa shape index (κ1) is 19.1. The zero-order valence-corrected chi connectivity index (χ0v) is 18.5. The number of morpholine rings is 1. The molecule has 8 heteroatoms. The van der Waals surface area contributed by atoms with E-state index >= 15 is 0 Å². The highest BCUT2D eigenvalue weighted by Gasteiger charge is 2.32. The first-order chi connectivity index (χ1) is 15.0. The average molecular weight is 420 g/mol. The molecular formula is C23H29N7O. The van der Waals surface area contributed by atoms with Crippen molar-refractivity contribution in [2.45, 2.75) is 77.0 Å². The highest BCUT2D eigenvalue weighted by Crippen LogP contribution is 2.39. The minimum atomic E-state index is -0.0338. The van der Waals surface area contributed by atoms with E-state index in [1.54, 1.807) is 0 Å². The minimum Gasteiger partial charge on any atom is -0.367 e. The van der Waals surface area contributed by atoms with E-state index in [4.69, 9.17) is 24.7 Å². The molecule has 3 aromatic heterocycles. The number of nitrogens with zero attached hydrogens (tertiary/aromatic N) is 7. The molecule has 2 saturated carbocycles. The van der Waals surface area contributed by atoms with Crippen LogP contribution >= 0.6 is 0 Å². The van der Waals surface area contributed by atoms with Gasteiger partial charge in [0, 0.05) is 24.2 Å². The quantitative estimate of drug-likeness (QED) is 0.636. The SMILES string of the molecule is Cc1nc2nc(N3C[C@H](C)O[C@@H](c4cnn(C5CC5)c4)C3)nc(C3CCC3)c2nc1C. The van der Waals surface area contributed by atoms with Gasteiger partial charge in [-0.25, -0.2) is 15.0 Å². The van der Waals surface area contributed by atoms with E-state index < -0.39 is 0 Å². The number of rotatable bonds is 4. The lowest BCUT2D eigenvalue weighted by molar-refractivity contribution is -0.0179. The van der Waals surface area contributed by atoms with Gasteiger partial charge in [0.2, 0.25) is 5.95 Å². The smallest absolute Gasteiger partial charge is 0.227 e. The Balaban J connectivity index is 1.36. The lowest BCUT2D eigenvalue weighted by Gasteiger charge is -2.37. The molecule has 0 unspecified atom stereocenters. The first-order valence-electron chi connectivity index (χ1n) is 11.5. The van der Waals surface area contributed by atoms with Crippen LogP contribution in [-0.2, 0) is 4.74 Å². The van der Waals surface area contributed by atoms with Gasteiger partial charge in [-0.15, -0.1) is 0 Å². The van der Waals surface area contributed by atoms with Crippen LogP contribution < -0.4 is 4.90 Å². The molecular weight excluding hydrogens is 390 g/mol. The first-order valence-corrected chi connectivity index (χ1v) is 11.5. The second-order valence-electron chi connectivity index (χ2n) is 9.43. The average Bonchev–Trinajstić information content (AvgIpc) is 3.44. The molecule has 4 heterocycles. The molecule has 3 aromatic rings. The topological polar surface area (TPSA) is 81.9 Å². The minimum absolute atomic E-state index is 0.0338. The zero-order valence-electron chi connectivity index (χ0n) is 18.5. The van der Waals surface area contributed by atoms with Crippen molar-refractivity contribution >= 4 is 17.1 Å². The Kier molecular flexibility index (Phi) is 4.45. The maximum atomic E-state index is 6.29. The molecule has 0 bridgehead atoms. The molecule has 1 saturated heterocycles. The van der Waals surface area contributed by atoms with Gasteiger partial charge in [-0.2, -0.15) is 10.1 Å². The molecule has 162 valence electrons. The van der Waals surface area contributed by atoms with Crippen LogP contribution in [0.25, 0.3) is 11.2 Å². The highest BCUT2D eigenvalue weighted by atomic mass is 16.5. The third kappa shape index (κ3) is 3.46. The summed E-state index contributed by atoms with van der Waals surface area (Å²) in [4.78, 5) is 21.8. The van der Waals surface area contributed by atoms with Gasteiger partial charge < -0.3 is 9.64 Å². The van der Waals surface area contributed by atoms with Crippen LogP contribution in [0.1, 0.15) is 79.7 Å². The van der Waals surface area contributed by atoms with Gasteiger partial charge in [0.15, 0.2) is 5.65 Å². The fraction of sp³-hybridized carbons (Fsp3) is 0.609. The maximum absolute atomic E-state index is 6.29. The summed E-state index contributed by atoms with van der Waals surface area (Å²) in [5, 5.41) is 4.56. The Hall–Kier alpha value is -2.61. The van der Waals surface area contributed by atoms with Crippen molar-refractivity contribution in [3.63, 3.8) is 0 Å². The molecule has 31 heavy (non-hydrogen) atoms. The van der Waals surface area contributed by atoms with Gasteiger partial charge >= 0.3 is 0 Å². The van der Waals surface area contributed by atoms with E-state index in [0.29, 0.717) is 24.2 Å². The highest BCUT2D eigenvalue weighted by molar-refractivity contribution is 5.75. The van der Waals surface area contributed by atoms with Crippen molar-refractivity contribution in [2.75, 3.05) is 18.0 Å². The van der Waals surface area contributed by atoms with Crippen LogP contribution in [0.4, 0.5) is 5.95 Å². The summed E-state index contributed by atoms with van der Waals surface area (Å²) < 4.78 is 8.38. The summed E-state index contributed by atoms with van der Waals surface area (Å²) in [7, 11) is 0. The van der Waals surface area contributed by atoms with Gasteiger partial charge in [0.25, 0.3) is 0 Å². The third-order valence-corrected chi connectivity index (χ3v) is 6.91. The molecule has 2 aliphatic carbocycles. The second-order valence-corrected chi connectivity index (χ2v) is 9.43. The van der Waals surface area contributed by atoms with Crippen molar-refractivity contribution in [1.82, 2.24) is 29.7 Å². The summed E-state index contributed by atoms with van der Waals surface area (Å²) in [5.74, 6) is 1.22. The Morgan fingerprint density at radius 3 is 2.52 bits per heavy atom. The lowest BCUT2D eigenvalue weighted by Crippen LogP contribution is -2.43. The van der Waals surface area contributed by atoms with Crippen molar-refractivity contribution in [3.8, 4) is 0 Å². The number of fused-ring (bicyclic) bond motifs is 1. The van der Waals surface area contributed by atoms with Gasteiger partial charge in [-0.05, 0) is 46.5 Å². The number of ether oxygens (including phenoxy) is 1. The van der Waals surface area contributed by atoms with Crippen LogP contribution in [-0.4, -0.2) is 48.9 Å². The van der Waals surface area contributed by atoms with E-state index in [9.17, 15) is 0 Å². The van der Waals surface area contributed by atoms with Crippen molar-refractivity contribution < 1.29 is 4.74 Å². The molecule has 1 aliphatic heterocycles. The molecule has 0 aromatic carbocycles. The predicted molar refractivity (Wildman–Crippen MR) is 117 cm³/mol. The van der Waals surface area contributed by atoms with Crippen molar-refractivity contribution in [3.05, 3.63) is 35.0 Å². The monoisotopic (exact) mass is 419 g/mol. The van der Waals surface area contributed by atoms with Crippen LogP contribution in [0.5, 0.6) is 0 Å². The fourth-order valence-electron chi connectivity index (χ4n) is 4.59. The van der Waals surface area contributed by atoms with Crippen LogP contribution in [0.15, 0.2) is 12.4 Å². The largest absolute Gasteiger partial charge is 0.367 e. The normalized spacial score (nSPS) is 24.5. The molecule has 2 atom stereocenters. The van der Waals surface area contributed by atoms with E-state index in [1.165, 1.54) is 32.1 Å². The number of hydrogen-bond donors (Lipinski definition) is 0. The summed E-state index contributed by atoms with van der Waals surface area (Å²) >= 11 is 0. The summed E-state index contributed by atoms with van der Waals surface area (Å²) in [6.45, 7) is 7.61. The third-order valence-electron chi connectivity index (χ3n) is 6.91.